The molecule has 0 spiro atoms. The van der Waals surface area contributed by atoms with Crippen LogP contribution in [-0.4, -0.2) is 28.3 Å². The summed E-state index contributed by atoms with van der Waals surface area (Å²) in [6, 6.07) is 18.6. The smallest absolute Gasteiger partial charge is 0.343 e. The number of nitrogens with zero attached hydrogens (tertiary/aromatic N) is 2. The first-order valence-electron chi connectivity index (χ1n) is 11.6. The molecule has 1 amide bonds. The van der Waals surface area contributed by atoms with Crippen LogP contribution >= 0.6 is 0 Å². The van der Waals surface area contributed by atoms with E-state index in [2.05, 4.69) is 22.5 Å². The third kappa shape index (κ3) is 4.82. The zero-order valence-corrected chi connectivity index (χ0v) is 19.3. The lowest BCUT2D eigenvalue weighted by molar-refractivity contribution is 0.0527. The second kappa shape index (κ2) is 9.89. The molecule has 5 rings (SSSR count). The molecule has 1 aliphatic rings. The van der Waals surface area contributed by atoms with Crippen LogP contribution in [0.3, 0.4) is 0 Å². The number of furan rings is 1. The maximum absolute atomic E-state index is 13.0. The summed E-state index contributed by atoms with van der Waals surface area (Å²) in [4.78, 5) is 25.5. The topological polar surface area (TPSA) is 95.6 Å². The molecule has 0 saturated heterocycles. The highest BCUT2D eigenvalue weighted by Gasteiger charge is 2.23. The molecule has 0 atom stereocenters. The molecular formula is C27H25N3O5. The van der Waals surface area contributed by atoms with E-state index in [1.807, 2.05) is 36.4 Å². The van der Waals surface area contributed by atoms with Gasteiger partial charge in [0, 0.05) is 0 Å². The number of anilines is 1. The Labute approximate surface area is 202 Å². The molecule has 8 nitrogen and oxygen atoms in total. The molecule has 8 heteroatoms. The quantitative estimate of drug-likeness (QED) is 0.365. The van der Waals surface area contributed by atoms with Crippen LogP contribution in [0.2, 0.25) is 0 Å². The second-order valence-corrected chi connectivity index (χ2v) is 8.17. The number of para-hydroxylation sites is 1. The van der Waals surface area contributed by atoms with Crippen LogP contribution in [0.1, 0.15) is 51.1 Å². The normalized spacial score (nSPS) is 12.3. The molecule has 2 aromatic carbocycles. The van der Waals surface area contributed by atoms with Crippen molar-refractivity contribution in [3.8, 4) is 11.4 Å². The Kier molecular flexibility index (Phi) is 6.34. The molecule has 0 aliphatic heterocycles. The van der Waals surface area contributed by atoms with Gasteiger partial charge in [-0.3, -0.25) is 4.79 Å². The average Bonchev–Trinajstić information content (AvgIpc) is 3.63. The number of esters is 1. The summed E-state index contributed by atoms with van der Waals surface area (Å²) in [5, 5.41) is 7.03. The lowest BCUT2D eigenvalue weighted by Gasteiger charge is -2.10. The number of fused-ring (bicyclic) bond motifs is 1. The summed E-state index contributed by atoms with van der Waals surface area (Å²) in [7, 11) is 0. The predicted molar refractivity (Wildman–Crippen MR) is 129 cm³/mol. The molecule has 4 aromatic rings. The third-order valence-electron chi connectivity index (χ3n) is 5.83. The van der Waals surface area contributed by atoms with Crippen molar-refractivity contribution in [3.63, 3.8) is 0 Å². The lowest BCUT2D eigenvalue weighted by Crippen LogP contribution is -2.17. The van der Waals surface area contributed by atoms with Crippen LogP contribution in [0.4, 0.5) is 5.82 Å². The highest BCUT2D eigenvalue weighted by molar-refractivity contribution is 6.06. The predicted octanol–water partition coefficient (Wildman–Crippen LogP) is 4.96. The van der Waals surface area contributed by atoms with Crippen molar-refractivity contribution in [3.05, 3.63) is 95.1 Å². The standard InChI is InChI=1S/C27H25N3O5/c1-2-33-27(32)23-16-28-30(20-9-4-3-5-10-20)25(23)29-26(31)24-14-13-22(35-24)17-34-21-12-11-18-7-6-8-19(18)15-21/h3-5,9-16H,2,6-8,17H2,1H3,(H,29,31). The van der Waals surface area contributed by atoms with E-state index in [1.165, 1.54) is 28.4 Å². The fourth-order valence-electron chi connectivity index (χ4n) is 4.13. The number of amides is 1. The van der Waals surface area contributed by atoms with Gasteiger partial charge in [-0.1, -0.05) is 24.3 Å². The summed E-state index contributed by atoms with van der Waals surface area (Å²) < 4.78 is 18.2. The summed E-state index contributed by atoms with van der Waals surface area (Å²) in [6.45, 7) is 2.11. The number of aryl methyl sites for hydroxylation is 2. The van der Waals surface area contributed by atoms with E-state index in [1.54, 1.807) is 19.1 Å². The minimum Gasteiger partial charge on any atom is -0.486 e. The molecule has 0 fully saturated rings. The number of hydrogen-bond donors (Lipinski definition) is 1. The first-order chi connectivity index (χ1) is 17.1. The number of ether oxygens (including phenoxy) is 2. The van der Waals surface area contributed by atoms with E-state index < -0.39 is 11.9 Å². The largest absolute Gasteiger partial charge is 0.486 e. The van der Waals surface area contributed by atoms with Crippen molar-refractivity contribution in [2.24, 2.45) is 0 Å². The van der Waals surface area contributed by atoms with Gasteiger partial charge in [-0.15, -0.1) is 0 Å². The van der Waals surface area contributed by atoms with Gasteiger partial charge in [0.2, 0.25) is 0 Å². The van der Waals surface area contributed by atoms with Gasteiger partial charge in [-0.25, -0.2) is 9.48 Å². The molecule has 178 valence electrons. The van der Waals surface area contributed by atoms with Gasteiger partial charge in [-0.05, 0) is 73.7 Å². The SMILES string of the molecule is CCOC(=O)c1cnn(-c2ccccc2)c1NC(=O)c1ccc(COc2ccc3c(c2)CCC3)o1. The van der Waals surface area contributed by atoms with Crippen molar-refractivity contribution in [2.75, 3.05) is 11.9 Å². The first kappa shape index (κ1) is 22.5. The van der Waals surface area contributed by atoms with Crippen LogP contribution < -0.4 is 10.1 Å². The Hall–Kier alpha value is -4.33. The van der Waals surface area contributed by atoms with E-state index in [4.69, 9.17) is 13.9 Å². The van der Waals surface area contributed by atoms with E-state index in [9.17, 15) is 9.59 Å². The van der Waals surface area contributed by atoms with Crippen molar-refractivity contribution in [1.82, 2.24) is 9.78 Å². The number of nitrogens with one attached hydrogen (secondary N) is 1. The Bertz CT molecular complexity index is 1360. The zero-order valence-electron chi connectivity index (χ0n) is 19.3. The Morgan fingerprint density at radius 1 is 1.06 bits per heavy atom. The summed E-state index contributed by atoms with van der Waals surface area (Å²) in [5.41, 5.74) is 3.54. The second-order valence-electron chi connectivity index (χ2n) is 8.17. The van der Waals surface area contributed by atoms with Crippen molar-refractivity contribution in [1.29, 1.82) is 0 Å². The Morgan fingerprint density at radius 2 is 1.89 bits per heavy atom. The van der Waals surface area contributed by atoms with Gasteiger partial charge in [0.05, 0.1) is 18.5 Å². The number of benzene rings is 2. The minimum atomic E-state index is -0.576. The molecule has 1 aliphatic carbocycles. The van der Waals surface area contributed by atoms with Crippen LogP contribution in [0, 0.1) is 0 Å². The fourth-order valence-corrected chi connectivity index (χ4v) is 4.13. The van der Waals surface area contributed by atoms with Crippen LogP contribution in [0.25, 0.3) is 5.69 Å². The van der Waals surface area contributed by atoms with Gasteiger partial charge < -0.3 is 19.2 Å². The summed E-state index contributed by atoms with van der Waals surface area (Å²) >= 11 is 0. The first-order valence-corrected chi connectivity index (χ1v) is 11.6. The maximum atomic E-state index is 13.0. The van der Waals surface area contributed by atoms with Crippen LogP contribution in [0.15, 0.2) is 71.3 Å². The van der Waals surface area contributed by atoms with Gasteiger partial charge >= 0.3 is 5.97 Å². The number of rotatable bonds is 8. The van der Waals surface area contributed by atoms with Crippen molar-refractivity contribution in [2.45, 2.75) is 32.8 Å². The third-order valence-corrected chi connectivity index (χ3v) is 5.83. The van der Waals surface area contributed by atoms with Crippen LogP contribution in [0.5, 0.6) is 5.75 Å². The molecule has 2 aromatic heterocycles. The summed E-state index contributed by atoms with van der Waals surface area (Å²) in [5.74, 6) is 0.488. The molecule has 0 saturated carbocycles. The molecule has 1 N–H and O–H groups in total. The van der Waals surface area contributed by atoms with Gasteiger partial charge in [0.25, 0.3) is 5.91 Å². The number of aromatic nitrogens is 2. The van der Waals surface area contributed by atoms with Gasteiger partial charge in [0.15, 0.2) is 11.6 Å². The molecule has 2 heterocycles. The molecule has 0 bridgehead atoms. The monoisotopic (exact) mass is 471 g/mol. The van der Waals surface area contributed by atoms with E-state index in [0.717, 1.165) is 18.6 Å². The number of carbonyl (C=O) groups is 2. The van der Waals surface area contributed by atoms with Crippen LogP contribution in [-0.2, 0) is 24.2 Å². The minimum absolute atomic E-state index is 0.0909. The van der Waals surface area contributed by atoms with E-state index in [-0.39, 0.29) is 30.4 Å². The molecule has 0 unspecified atom stereocenters. The Morgan fingerprint density at radius 3 is 2.71 bits per heavy atom. The van der Waals surface area contributed by atoms with Crippen molar-refractivity contribution >= 4 is 17.7 Å². The van der Waals surface area contributed by atoms with Gasteiger partial charge in [0.1, 0.15) is 23.7 Å². The number of carbonyl (C=O) groups excluding carboxylic acids is 2. The maximum Gasteiger partial charge on any atom is 0.343 e. The highest BCUT2D eigenvalue weighted by Crippen LogP contribution is 2.27. The molecule has 0 radical (unpaired) electrons. The molecule has 35 heavy (non-hydrogen) atoms. The fraction of sp³-hybridized carbons (Fsp3) is 0.222. The lowest BCUT2D eigenvalue weighted by atomic mass is 10.1. The number of hydrogen-bond acceptors (Lipinski definition) is 6. The highest BCUT2D eigenvalue weighted by atomic mass is 16.5. The zero-order chi connectivity index (χ0) is 24.2. The van der Waals surface area contributed by atoms with E-state index in [0.29, 0.717) is 11.4 Å². The van der Waals surface area contributed by atoms with Gasteiger partial charge in [-0.2, -0.15) is 5.10 Å². The van der Waals surface area contributed by atoms with E-state index >= 15 is 0 Å². The van der Waals surface area contributed by atoms with Crippen molar-refractivity contribution < 1.29 is 23.5 Å². The summed E-state index contributed by atoms with van der Waals surface area (Å²) in [6.07, 6.45) is 4.74. The Balaban J connectivity index is 1.32. The average molecular weight is 472 g/mol. The molecular weight excluding hydrogens is 446 g/mol.